The molecule has 0 saturated carbocycles. The number of rotatable bonds is 8. The largest absolute Gasteiger partial charge is 0.383 e. The molecule has 8 nitrogen and oxygen atoms in total. The summed E-state index contributed by atoms with van der Waals surface area (Å²) in [5, 5.41) is 0.966. The second kappa shape index (κ2) is 9.04. The maximum Gasteiger partial charge on any atom is 0.264 e. The van der Waals surface area contributed by atoms with Gasteiger partial charge < -0.3 is 11.5 Å². The zero-order valence-electron chi connectivity index (χ0n) is 17.0. The van der Waals surface area contributed by atoms with Crippen LogP contribution in [0.2, 0.25) is 0 Å². The first-order valence-corrected chi connectivity index (χ1v) is 12.6. The van der Waals surface area contributed by atoms with Gasteiger partial charge in [0.05, 0.1) is 15.5 Å². The van der Waals surface area contributed by atoms with Crippen molar-refractivity contribution in [2.24, 2.45) is 5.73 Å². The number of anilines is 1. The van der Waals surface area contributed by atoms with Crippen molar-refractivity contribution in [2.75, 3.05) is 24.6 Å². The maximum atomic E-state index is 13.5. The lowest BCUT2D eigenvalue weighted by molar-refractivity contribution is 0.509. The second-order valence-electron chi connectivity index (χ2n) is 6.87. The number of aryl methyl sites for hydroxylation is 1. The van der Waals surface area contributed by atoms with Gasteiger partial charge in [-0.2, -0.15) is 0 Å². The van der Waals surface area contributed by atoms with Crippen LogP contribution in [0.25, 0.3) is 10.8 Å². The number of hydrogen-bond donors (Lipinski definition) is 2. The van der Waals surface area contributed by atoms with Crippen molar-refractivity contribution in [3.63, 3.8) is 0 Å². The van der Waals surface area contributed by atoms with E-state index >= 15 is 0 Å². The zero-order valence-corrected chi connectivity index (χ0v) is 18.6. The molecule has 0 radical (unpaired) electrons. The first-order valence-electron chi connectivity index (χ1n) is 9.48. The van der Waals surface area contributed by atoms with Gasteiger partial charge in [0.15, 0.2) is 9.84 Å². The molecule has 31 heavy (non-hydrogen) atoms. The third-order valence-corrected chi connectivity index (χ3v) is 8.30. The summed E-state index contributed by atoms with van der Waals surface area (Å²) in [6.45, 7) is 1.57. The van der Waals surface area contributed by atoms with Crippen LogP contribution >= 0.6 is 0 Å². The molecule has 4 N–H and O–H groups in total. The van der Waals surface area contributed by atoms with E-state index in [1.165, 1.54) is 36.7 Å². The molecule has 0 amide bonds. The normalized spacial score (nSPS) is 12.5. The molecular weight excluding hydrogens is 436 g/mol. The number of aromatic nitrogens is 1. The van der Waals surface area contributed by atoms with Crippen molar-refractivity contribution in [1.82, 2.24) is 9.29 Å². The highest BCUT2D eigenvalue weighted by atomic mass is 32.2. The molecule has 0 aliphatic heterocycles. The molecule has 3 rings (SSSR count). The van der Waals surface area contributed by atoms with Gasteiger partial charge >= 0.3 is 0 Å². The summed E-state index contributed by atoms with van der Waals surface area (Å²) in [5.41, 5.74) is 12.1. The molecule has 164 valence electrons. The van der Waals surface area contributed by atoms with Crippen LogP contribution in [0.3, 0.4) is 0 Å². The Morgan fingerprint density at radius 2 is 1.74 bits per heavy atom. The topological polar surface area (TPSA) is 136 Å². The molecule has 0 bridgehead atoms. The Labute approximate surface area is 182 Å². The van der Waals surface area contributed by atoms with Gasteiger partial charge in [-0.05, 0) is 30.7 Å². The summed E-state index contributed by atoms with van der Waals surface area (Å²) >= 11 is 0. The Morgan fingerprint density at radius 3 is 2.42 bits per heavy atom. The lowest BCUT2D eigenvalue weighted by atomic mass is 10.1. The van der Waals surface area contributed by atoms with Crippen LogP contribution in [0.15, 0.2) is 76.8 Å². The fourth-order valence-electron chi connectivity index (χ4n) is 3.20. The summed E-state index contributed by atoms with van der Waals surface area (Å²) in [6.07, 6.45) is 4.27. The highest BCUT2D eigenvalue weighted by Gasteiger charge is 2.27. The number of hydrogen-bond acceptors (Lipinski definition) is 7. The van der Waals surface area contributed by atoms with Gasteiger partial charge in [-0.15, -0.1) is 0 Å². The van der Waals surface area contributed by atoms with E-state index in [9.17, 15) is 16.8 Å². The molecule has 0 atom stereocenters. The first kappa shape index (κ1) is 22.7. The molecule has 1 heterocycles. The van der Waals surface area contributed by atoms with E-state index in [0.29, 0.717) is 16.3 Å². The Balaban J connectivity index is 2.04. The average molecular weight is 461 g/mol. The second-order valence-corrected chi connectivity index (χ2v) is 10.8. The number of sulfone groups is 1. The van der Waals surface area contributed by atoms with Gasteiger partial charge in [0.2, 0.25) is 0 Å². The van der Waals surface area contributed by atoms with Crippen molar-refractivity contribution in [3.05, 3.63) is 72.6 Å². The predicted molar refractivity (Wildman–Crippen MR) is 121 cm³/mol. The molecule has 0 saturated heterocycles. The SMILES string of the molecule is Cc1cnc(N)c2cccc(S(=O)(=O)N(C=CCN)CCS(=O)(=O)c3ccccc3)c12. The minimum absolute atomic E-state index is 0.0235. The monoisotopic (exact) mass is 460 g/mol. The molecule has 2 aromatic carbocycles. The molecule has 0 spiro atoms. The number of nitrogens with zero attached hydrogens (tertiary/aromatic N) is 2. The first-order chi connectivity index (χ1) is 14.7. The highest BCUT2D eigenvalue weighted by Crippen LogP contribution is 2.31. The average Bonchev–Trinajstić information content (AvgIpc) is 2.76. The highest BCUT2D eigenvalue weighted by molar-refractivity contribution is 7.91. The van der Waals surface area contributed by atoms with Crippen LogP contribution in [0, 0.1) is 6.92 Å². The third kappa shape index (κ3) is 4.71. The maximum absolute atomic E-state index is 13.5. The third-order valence-electron chi connectivity index (χ3n) is 4.77. The van der Waals surface area contributed by atoms with Gasteiger partial charge in [0, 0.05) is 36.3 Å². The number of nitrogens with two attached hydrogens (primary N) is 2. The lowest BCUT2D eigenvalue weighted by Crippen LogP contribution is -2.31. The standard InChI is InChI=1S/C21H24N4O4S2/c1-16-15-24-21(23)18-9-5-10-19(20(16)18)31(28,29)25(12-6-11-22)13-14-30(26,27)17-7-3-2-4-8-17/h2-10,12,15H,11,13-14,22H2,1H3,(H2,23,24). The predicted octanol–water partition coefficient (Wildman–Crippen LogP) is 2.06. The minimum atomic E-state index is -4.10. The van der Waals surface area contributed by atoms with Gasteiger partial charge in [-0.3, -0.25) is 4.31 Å². The molecule has 0 aliphatic rings. The molecule has 0 fully saturated rings. The number of nitrogen functional groups attached to an aromatic ring is 1. The van der Waals surface area contributed by atoms with Gasteiger partial charge in [-0.25, -0.2) is 21.8 Å². The molecular formula is C21H24N4O4S2. The summed E-state index contributed by atoms with van der Waals surface area (Å²) in [7, 11) is -7.78. The van der Waals surface area contributed by atoms with Crippen LogP contribution in [0.4, 0.5) is 5.82 Å². The van der Waals surface area contributed by atoms with Crippen LogP contribution in [-0.2, 0) is 19.9 Å². The van der Waals surface area contributed by atoms with E-state index in [4.69, 9.17) is 11.5 Å². The smallest absolute Gasteiger partial charge is 0.264 e. The van der Waals surface area contributed by atoms with Gasteiger partial charge in [0.25, 0.3) is 10.0 Å². The van der Waals surface area contributed by atoms with Crippen molar-refractivity contribution in [2.45, 2.75) is 16.7 Å². The fraction of sp³-hybridized carbons (Fsp3) is 0.190. The Hall–Kier alpha value is -2.95. The Morgan fingerprint density at radius 1 is 1.03 bits per heavy atom. The fourth-order valence-corrected chi connectivity index (χ4v) is 6.17. The number of pyridine rings is 1. The van der Waals surface area contributed by atoms with Crippen molar-refractivity contribution in [3.8, 4) is 0 Å². The Kier molecular flexibility index (Phi) is 6.63. The molecule has 0 aliphatic carbocycles. The molecule has 3 aromatic rings. The van der Waals surface area contributed by atoms with Crippen molar-refractivity contribution < 1.29 is 16.8 Å². The summed E-state index contributed by atoms with van der Waals surface area (Å²) in [4.78, 5) is 4.24. The van der Waals surface area contributed by atoms with Crippen LogP contribution < -0.4 is 11.5 Å². The van der Waals surface area contributed by atoms with E-state index in [0.717, 1.165) is 4.31 Å². The summed E-state index contributed by atoms with van der Waals surface area (Å²) in [5.74, 6) is -0.174. The van der Waals surface area contributed by atoms with Gasteiger partial charge in [0.1, 0.15) is 5.82 Å². The van der Waals surface area contributed by atoms with E-state index in [-0.39, 0.29) is 28.7 Å². The summed E-state index contributed by atoms with van der Waals surface area (Å²) in [6, 6.07) is 12.7. The van der Waals surface area contributed by atoms with Crippen molar-refractivity contribution >= 4 is 36.5 Å². The van der Waals surface area contributed by atoms with Crippen LogP contribution in [0.5, 0.6) is 0 Å². The number of benzene rings is 2. The summed E-state index contributed by atoms with van der Waals surface area (Å²) < 4.78 is 53.5. The Bertz CT molecular complexity index is 1320. The lowest BCUT2D eigenvalue weighted by Gasteiger charge is -2.22. The number of sulfonamides is 1. The zero-order chi connectivity index (χ0) is 22.6. The van der Waals surface area contributed by atoms with E-state index < -0.39 is 25.6 Å². The molecule has 0 unspecified atom stereocenters. The minimum Gasteiger partial charge on any atom is -0.383 e. The van der Waals surface area contributed by atoms with E-state index in [2.05, 4.69) is 4.98 Å². The van der Waals surface area contributed by atoms with Crippen molar-refractivity contribution in [1.29, 1.82) is 0 Å². The van der Waals surface area contributed by atoms with Crippen LogP contribution in [-0.4, -0.2) is 45.0 Å². The van der Waals surface area contributed by atoms with Crippen LogP contribution in [0.1, 0.15) is 5.56 Å². The number of fused-ring (bicyclic) bond motifs is 1. The van der Waals surface area contributed by atoms with Gasteiger partial charge in [-0.1, -0.05) is 36.4 Å². The molecule has 10 heteroatoms. The van der Waals surface area contributed by atoms with E-state index in [1.54, 1.807) is 37.3 Å². The quantitative estimate of drug-likeness (QED) is 0.525. The van der Waals surface area contributed by atoms with E-state index in [1.807, 2.05) is 0 Å². The molecule has 1 aromatic heterocycles.